The standard InChI is InChI=1S/C16H25N3O3S/c1-9(2)12-6-5-10(3)7-13(12)22-14(20)8-23-16-17-15(21)11(4)18-19-16/h9-10,12-13H,5-8H2,1-4H3,(H,17,19,21)/t10-,12-,13+/m0/s1. The molecule has 1 aromatic heterocycles. The van der Waals surface area contributed by atoms with Gasteiger partial charge >= 0.3 is 5.97 Å². The third kappa shape index (κ3) is 5.06. The lowest BCUT2D eigenvalue weighted by Crippen LogP contribution is -2.36. The van der Waals surface area contributed by atoms with E-state index in [2.05, 4.69) is 36.0 Å². The van der Waals surface area contributed by atoms with E-state index in [1.165, 1.54) is 6.42 Å². The number of hydrogen-bond donors (Lipinski definition) is 1. The molecule has 1 N–H and O–H groups in total. The lowest BCUT2D eigenvalue weighted by molar-refractivity contribution is -0.152. The van der Waals surface area contributed by atoms with Crippen LogP contribution in [-0.4, -0.2) is 33.0 Å². The summed E-state index contributed by atoms with van der Waals surface area (Å²) in [5.41, 5.74) is 0.0322. The van der Waals surface area contributed by atoms with Crippen molar-refractivity contribution in [2.75, 3.05) is 5.75 Å². The Hall–Kier alpha value is -1.37. The highest BCUT2D eigenvalue weighted by molar-refractivity contribution is 7.99. The van der Waals surface area contributed by atoms with Crippen LogP contribution in [0, 0.1) is 24.7 Å². The zero-order valence-electron chi connectivity index (χ0n) is 14.2. The van der Waals surface area contributed by atoms with Crippen LogP contribution in [0.3, 0.4) is 0 Å². The van der Waals surface area contributed by atoms with Crippen molar-refractivity contribution in [1.82, 2.24) is 15.2 Å². The molecule has 1 aliphatic rings. The van der Waals surface area contributed by atoms with E-state index in [9.17, 15) is 9.59 Å². The number of nitrogens with one attached hydrogen (secondary N) is 1. The zero-order chi connectivity index (χ0) is 17.0. The summed E-state index contributed by atoms with van der Waals surface area (Å²) in [6.45, 7) is 8.16. The van der Waals surface area contributed by atoms with E-state index in [4.69, 9.17) is 4.74 Å². The van der Waals surface area contributed by atoms with Crippen LogP contribution in [0.5, 0.6) is 0 Å². The van der Waals surface area contributed by atoms with Gasteiger partial charge in [0.05, 0.1) is 5.75 Å². The first-order valence-electron chi connectivity index (χ1n) is 8.12. The molecule has 0 unspecified atom stereocenters. The second-order valence-electron chi connectivity index (χ2n) is 6.69. The Morgan fingerprint density at radius 3 is 2.78 bits per heavy atom. The predicted molar refractivity (Wildman–Crippen MR) is 89.3 cm³/mol. The van der Waals surface area contributed by atoms with Crippen molar-refractivity contribution >= 4 is 17.7 Å². The third-order valence-corrected chi connectivity index (χ3v) is 5.25. The van der Waals surface area contributed by atoms with Crippen molar-refractivity contribution in [3.8, 4) is 0 Å². The SMILES string of the molecule is Cc1nnc(SCC(=O)O[C@@H]2C[C@@H](C)CC[C@H]2C(C)C)[nH]c1=O. The molecule has 1 aliphatic carbocycles. The number of nitrogens with zero attached hydrogens (tertiary/aromatic N) is 2. The Kier molecular flexibility index (Phi) is 6.21. The fourth-order valence-corrected chi connectivity index (χ4v) is 3.61. The lowest BCUT2D eigenvalue weighted by atomic mass is 9.75. The van der Waals surface area contributed by atoms with Gasteiger partial charge in [0.15, 0.2) is 5.16 Å². The summed E-state index contributed by atoms with van der Waals surface area (Å²) < 4.78 is 5.71. The highest BCUT2D eigenvalue weighted by Gasteiger charge is 2.33. The molecule has 0 spiro atoms. The molecule has 0 radical (unpaired) electrons. The van der Waals surface area contributed by atoms with Gasteiger partial charge in [-0.15, -0.1) is 10.2 Å². The fourth-order valence-electron chi connectivity index (χ4n) is 3.02. The summed E-state index contributed by atoms with van der Waals surface area (Å²) >= 11 is 1.15. The minimum atomic E-state index is -0.281. The van der Waals surface area contributed by atoms with Crippen molar-refractivity contribution in [3.63, 3.8) is 0 Å². The Labute approximate surface area is 140 Å². The zero-order valence-corrected chi connectivity index (χ0v) is 15.0. The molecule has 0 saturated heterocycles. The molecule has 1 saturated carbocycles. The maximum atomic E-state index is 12.1. The Morgan fingerprint density at radius 2 is 2.13 bits per heavy atom. The Morgan fingerprint density at radius 1 is 1.39 bits per heavy atom. The molecule has 0 aliphatic heterocycles. The third-order valence-electron chi connectivity index (χ3n) is 4.41. The van der Waals surface area contributed by atoms with Gasteiger partial charge in [0, 0.05) is 0 Å². The van der Waals surface area contributed by atoms with Gasteiger partial charge in [0.2, 0.25) is 0 Å². The number of aromatic amines is 1. The number of hydrogen-bond acceptors (Lipinski definition) is 6. The number of ether oxygens (including phenoxy) is 1. The Balaban J connectivity index is 1.89. The molecule has 0 amide bonds. The fraction of sp³-hybridized carbons (Fsp3) is 0.750. The average Bonchev–Trinajstić information content (AvgIpc) is 2.48. The van der Waals surface area contributed by atoms with Crippen molar-refractivity contribution < 1.29 is 9.53 Å². The van der Waals surface area contributed by atoms with E-state index >= 15 is 0 Å². The molecule has 0 aromatic carbocycles. The first-order chi connectivity index (χ1) is 10.9. The number of aryl methyl sites for hydroxylation is 1. The van der Waals surface area contributed by atoms with Crippen LogP contribution in [0.1, 0.15) is 45.7 Å². The first kappa shape index (κ1) is 18.0. The van der Waals surface area contributed by atoms with Crippen LogP contribution in [0.4, 0.5) is 0 Å². The number of H-pyrrole nitrogens is 1. The molecule has 128 valence electrons. The van der Waals surface area contributed by atoms with Crippen LogP contribution in [0.15, 0.2) is 9.95 Å². The van der Waals surface area contributed by atoms with E-state index in [1.54, 1.807) is 6.92 Å². The highest BCUT2D eigenvalue weighted by atomic mass is 32.2. The normalized spacial score (nSPS) is 24.7. The summed E-state index contributed by atoms with van der Waals surface area (Å²) in [6, 6.07) is 0. The molecule has 2 rings (SSSR count). The summed E-state index contributed by atoms with van der Waals surface area (Å²) in [5, 5.41) is 7.96. The van der Waals surface area contributed by atoms with E-state index < -0.39 is 0 Å². The quantitative estimate of drug-likeness (QED) is 0.655. The average molecular weight is 339 g/mol. The first-order valence-corrected chi connectivity index (χ1v) is 9.11. The van der Waals surface area contributed by atoms with Crippen LogP contribution >= 0.6 is 11.8 Å². The lowest BCUT2D eigenvalue weighted by Gasteiger charge is -2.36. The maximum Gasteiger partial charge on any atom is 0.316 e. The molecular formula is C16H25N3O3S. The van der Waals surface area contributed by atoms with Crippen molar-refractivity contribution in [3.05, 3.63) is 16.0 Å². The summed E-state index contributed by atoms with van der Waals surface area (Å²) in [5.74, 6) is 1.40. The van der Waals surface area contributed by atoms with Gasteiger partial charge in [-0.25, -0.2) is 0 Å². The van der Waals surface area contributed by atoms with Gasteiger partial charge in [-0.3, -0.25) is 14.6 Å². The van der Waals surface area contributed by atoms with Crippen molar-refractivity contribution in [2.45, 2.75) is 58.2 Å². The molecular weight excluding hydrogens is 314 g/mol. The molecule has 6 nitrogen and oxygen atoms in total. The van der Waals surface area contributed by atoms with Crippen LogP contribution in [0.2, 0.25) is 0 Å². The topological polar surface area (TPSA) is 84.9 Å². The molecule has 3 atom stereocenters. The largest absolute Gasteiger partial charge is 0.461 e. The van der Waals surface area contributed by atoms with Gasteiger partial charge in [-0.1, -0.05) is 39.0 Å². The summed E-state index contributed by atoms with van der Waals surface area (Å²) in [7, 11) is 0. The van der Waals surface area contributed by atoms with E-state index in [0.29, 0.717) is 28.6 Å². The van der Waals surface area contributed by atoms with E-state index in [0.717, 1.165) is 24.6 Å². The van der Waals surface area contributed by atoms with Gasteiger partial charge in [-0.05, 0) is 37.5 Å². The molecule has 0 bridgehead atoms. The molecule has 1 fully saturated rings. The molecule has 23 heavy (non-hydrogen) atoms. The summed E-state index contributed by atoms with van der Waals surface area (Å²) in [6.07, 6.45) is 3.24. The smallest absolute Gasteiger partial charge is 0.316 e. The number of carbonyl (C=O) groups excluding carboxylic acids is 1. The minimum absolute atomic E-state index is 0.00463. The van der Waals surface area contributed by atoms with Gasteiger partial charge in [0.1, 0.15) is 11.8 Å². The van der Waals surface area contributed by atoms with Gasteiger partial charge in [0.25, 0.3) is 5.56 Å². The maximum absolute atomic E-state index is 12.1. The second-order valence-corrected chi connectivity index (χ2v) is 7.65. The number of esters is 1. The van der Waals surface area contributed by atoms with Crippen molar-refractivity contribution in [2.24, 2.45) is 17.8 Å². The summed E-state index contributed by atoms with van der Waals surface area (Å²) in [4.78, 5) is 26.2. The molecule has 1 aromatic rings. The Bertz CT molecular complexity index is 602. The van der Waals surface area contributed by atoms with Crippen LogP contribution < -0.4 is 5.56 Å². The predicted octanol–water partition coefficient (Wildman–Crippen LogP) is 2.57. The number of rotatable bonds is 5. The highest BCUT2D eigenvalue weighted by Crippen LogP contribution is 2.35. The number of carbonyl (C=O) groups is 1. The van der Waals surface area contributed by atoms with E-state index in [1.807, 2.05) is 0 Å². The van der Waals surface area contributed by atoms with Gasteiger partial charge in [-0.2, -0.15) is 0 Å². The minimum Gasteiger partial charge on any atom is -0.461 e. The second kappa shape index (κ2) is 7.95. The van der Waals surface area contributed by atoms with Crippen molar-refractivity contribution in [1.29, 1.82) is 0 Å². The van der Waals surface area contributed by atoms with E-state index in [-0.39, 0.29) is 23.4 Å². The van der Waals surface area contributed by atoms with Crippen LogP contribution in [0.25, 0.3) is 0 Å². The number of thioether (sulfide) groups is 1. The molecule has 1 heterocycles. The monoisotopic (exact) mass is 339 g/mol. The van der Waals surface area contributed by atoms with Crippen LogP contribution in [-0.2, 0) is 9.53 Å². The van der Waals surface area contributed by atoms with Gasteiger partial charge < -0.3 is 4.74 Å². The number of aromatic nitrogens is 3. The molecule has 7 heteroatoms.